The van der Waals surface area contributed by atoms with E-state index in [0.29, 0.717) is 6.42 Å². The Labute approximate surface area is 138 Å². The average Bonchev–Trinajstić information content (AvgIpc) is 2.80. The molecule has 1 aromatic rings. The lowest BCUT2D eigenvalue weighted by molar-refractivity contribution is -0.135. The molecule has 3 heteroatoms. The summed E-state index contributed by atoms with van der Waals surface area (Å²) in [5.41, 5.74) is 1.96. The molecule has 0 bridgehead atoms. The summed E-state index contributed by atoms with van der Waals surface area (Å²) in [5.74, 6) is 0.871. The first-order chi connectivity index (χ1) is 10.7. The van der Waals surface area contributed by atoms with Crippen LogP contribution in [0.15, 0.2) is 28.4 Å². The van der Waals surface area contributed by atoms with Crippen molar-refractivity contribution in [2.75, 3.05) is 0 Å². The van der Waals surface area contributed by atoms with Crippen molar-refractivity contribution in [3.63, 3.8) is 0 Å². The number of rotatable bonds is 0. The molecule has 0 spiro atoms. The van der Waals surface area contributed by atoms with E-state index in [1.165, 1.54) is 5.57 Å². The van der Waals surface area contributed by atoms with E-state index in [1.54, 1.807) is 18.4 Å². The Bertz CT molecular complexity index is 690. The van der Waals surface area contributed by atoms with Crippen molar-refractivity contribution >= 4 is 11.9 Å². The van der Waals surface area contributed by atoms with Gasteiger partial charge in [0.2, 0.25) is 0 Å². The van der Waals surface area contributed by atoms with Crippen LogP contribution >= 0.6 is 0 Å². The van der Waals surface area contributed by atoms with E-state index in [1.807, 2.05) is 20.8 Å². The van der Waals surface area contributed by atoms with Gasteiger partial charge >= 0.3 is 0 Å². The highest BCUT2D eigenvalue weighted by atomic mass is 16.3. The van der Waals surface area contributed by atoms with Crippen molar-refractivity contribution in [3.05, 3.63) is 40.9 Å². The number of aliphatic hydroxyl groups is 1. The van der Waals surface area contributed by atoms with Crippen LogP contribution in [0.4, 0.5) is 0 Å². The molecule has 1 N–H and O–H groups in total. The molecular weight excluding hydrogens is 288 g/mol. The molecule has 3 rings (SSSR count). The minimum Gasteiger partial charge on any atom is -0.464 e. The first kappa shape index (κ1) is 16.3. The lowest BCUT2D eigenvalue weighted by atomic mass is 9.59. The topological polar surface area (TPSA) is 50.4 Å². The van der Waals surface area contributed by atoms with Gasteiger partial charge < -0.3 is 9.52 Å². The highest BCUT2D eigenvalue weighted by Gasteiger charge is 2.50. The molecule has 0 radical (unpaired) electrons. The Kier molecular flexibility index (Phi) is 3.88. The maximum absolute atomic E-state index is 12.7. The maximum atomic E-state index is 12.7. The molecule has 2 aliphatic carbocycles. The first-order valence-electron chi connectivity index (χ1n) is 8.44. The zero-order valence-corrected chi connectivity index (χ0v) is 14.5. The number of hydrogen-bond acceptors (Lipinski definition) is 3. The fourth-order valence-electron chi connectivity index (χ4n) is 4.20. The quantitative estimate of drug-likeness (QED) is 0.779. The summed E-state index contributed by atoms with van der Waals surface area (Å²) in [7, 11) is 0. The number of ketones is 1. The van der Waals surface area contributed by atoms with Gasteiger partial charge in [0.1, 0.15) is 5.76 Å². The summed E-state index contributed by atoms with van der Waals surface area (Å²) < 4.78 is 5.74. The predicted molar refractivity (Wildman–Crippen MR) is 91.0 cm³/mol. The molecule has 0 saturated heterocycles. The Morgan fingerprint density at radius 1 is 1.30 bits per heavy atom. The summed E-state index contributed by atoms with van der Waals surface area (Å²) in [5, 5.41) is 11.0. The smallest absolute Gasteiger partial charge is 0.161 e. The molecule has 124 valence electrons. The minimum atomic E-state index is -0.985. The first-order valence-corrected chi connectivity index (χ1v) is 8.44. The second kappa shape index (κ2) is 5.48. The number of hydrogen-bond donors (Lipinski definition) is 1. The molecule has 0 amide bonds. The molecule has 1 aromatic heterocycles. The number of allylic oxidation sites excluding steroid dienone is 2. The molecule has 0 aromatic carbocycles. The zero-order valence-electron chi connectivity index (χ0n) is 14.5. The molecule has 23 heavy (non-hydrogen) atoms. The van der Waals surface area contributed by atoms with Gasteiger partial charge in [-0.15, -0.1) is 0 Å². The Morgan fingerprint density at radius 3 is 2.78 bits per heavy atom. The molecule has 0 aliphatic heterocycles. The Morgan fingerprint density at radius 2 is 2.04 bits per heavy atom. The maximum Gasteiger partial charge on any atom is 0.161 e. The molecule has 2 aliphatic rings. The monoisotopic (exact) mass is 314 g/mol. The van der Waals surface area contributed by atoms with Gasteiger partial charge in [0.15, 0.2) is 5.78 Å². The molecule has 0 saturated carbocycles. The van der Waals surface area contributed by atoms with E-state index in [-0.39, 0.29) is 11.7 Å². The summed E-state index contributed by atoms with van der Waals surface area (Å²) >= 11 is 0. The zero-order chi connectivity index (χ0) is 16.8. The van der Waals surface area contributed by atoms with Crippen LogP contribution in [0.1, 0.15) is 56.9 Å². The van der Waals surface area contributed by atoms with Crippen molar-refractivity contribution in [1.29, 1.82) is 0 Å². The molecule has 3 nitrogen and oxygen atoms in total. The van der Waals surface area contributed by atoms with Crippen LogP contribution in [-0.4, -0.2) is 16.5 Å². The third-order valence-corrected chi connectivity index (χ3v) is 5.80. The van der Waals surface area contributed by atoms with Crippen LogP contribution in [0.2, 0.25) is 0 Å². The molecular formula is C20H26O3. The number of carbonyl (C=O) groups excluding carboxylic acids is 1. The molecule has 0 fully saturated rings. The second-order valence-electron chi connectivity index (χ2n) is 7.70. The van der Waals surface area contributed by atoms with Crippen molar-refractivity contribution < 1.29 is 14.3 Å². The average molecular weight is 314 g/mol. The van der Waals surface area contributed by atoms with E-state index in [2.05, 4.69) is 13.0 Å². The van der Waals surface area contributed by atoms with Crippen LogP contribution in [0.3, 0.4) is 0 Å². The van der Waals surface area contributed by atoms with Crippen molar-refractivity contribution in [1.82, 2.24) is 0 Å². The van der Waals surface area contributed by atoms with E-state index in [0.717, 1.165) is 36.1 Å². The number of furan rings is 1. The lowest BCUT2D eigenvalue weighted by Gasteiger charge is -2.46. The van der Waals surface area contributed by atoms with Gasteiger partial charge in [0.25, 0.3) is 0 Å². The van der Waals surface area contributed by atoms with Crippen molar-refractivity contribution in [3.8, 4) is 0 Å². The highest BCUT2D eigenvalue weighted by molar-refractivity contribution is 5.96. The van der Waals surface area contributed by atoms with Crippen LogP contribution < -0.4 is 0 Å². The predicted octanol–water partition coefficient (Wildman–Crippen LogP) is 4.23. The van der Waals surface area contributed by atoms with Gasteiger partial charge in [-0.25, -0.2) is 0 Å². The lowest BCUT2D eigenvalue weighted by Crippen LogP contribution is -2.51. The van der Waals surface area contributed by atoms with Gasteiger partial charge in [0.05, 0.1) is 11.9 Å². The SMILES string of the molecule is C/C1=C/c2occ(C)c2C[C@H]2[C@@](C)(O)C=CC(=O)[C@]2(C)CCC1. The Balaban J connectivity index is 2.14. The third-order valence-electron chi connectivity index (χ3n) is 5.80. The van der Waals surface area contributed by atoms with E-state index < -0.39 is 11.0 Å². The summed E-state index contributed by atoms with van der Waals surface area (Å²) in [6, 6.07) is 0. The van der Waals surface area contributed by atoms with Gasteiger partial charge in [-0.2, -0.15) is 0 Å². The third kappa shape index (κ3) is 2.72. The largest absolute Gasteiger partial charge is 0.464 e. The molecule has 3 atom stereocenters. The Hall–Kier alpha value is -1.61. The van der Waals surface area contributed by atoms with Crippen LogP contribution in [0.5, 0.6) is 0 Å². The van der Waals surface area contributed by atoms with Crippen LogP contribution in [0.25, 0.3) is 6.08 Å². The summed E-state index contributed by atoms with van der Waals surface area (Å²) in [6.07, 6.45) is 10.5. The summed E-state index contributed by atoms with van der Waals surface area (Å²) in [4.78, 5) is 12.7. The summed E-state index contributed by atoms with van der Waals surface area (Å²) in [6.45, 7) is 7.99. The number of carbonyl (C=O) groups is 1. The minimum absolute atomic E-state index is 0.138. The highest BCUT2D eigenvalue weighted by Crippen LogP contribution is 2.47. The van der Waals surface area contributed by atoms with Crippen molar-refractivity contribution in [2.24, 2.45) is 11.3 Å². The van der Waals surface area contributed by atoms with Gasteiger partial charge in [0, 0.05) is 16.9 Å². The van der Waals surface area contributed by atoms with E-state index >= 15 is 0 Å². The number of fused-ring (bicyclic) bond motifs is 2. The van der Waals surface area contributed by atoms with E-state index in [4.69, 9.17) is 4.42 Å². The van der Waals surface area contributed by atoms with Gasteiger partial charge in [-0.05, 0) is 70.2 Å². The fraction of sp³-hybridized carbons (Fsp3) is 0.550. The van der Waals surface area contributed by atoms with Crippen LogP contribution in [0, 0.1) is 18.3 Å². The fourth-order valence-corrected chi connectivity index (χ4v) is 4.20. The van der Waals surface area contributed by atoms with Crippen molar-refractivity contribution in [2.45, 2.75) is 59.0 Å². The molecule has 1 heterocycles. The van der Waals surface area contributed by atoms with E-state index in [9.17, 15) is 9.90 Å². The second-order valence-corrected chi connectivity index (χ2v) is 7.70. The number of aryl methyl sites for hydroxylation is 1. The van der Waals surface area contributed by atoms with Gasteiger partial charge in [-0.1, -0.05) is 12.5 Å². The normalized spacial score (nSPS) is 36.8. The standard InChI is InChI=1S/C20H26O3/c1-13-6-5-8-19(3)17(20(4,22)9-7-18(19)21)11-15-14(2)12-23-16(15)10-13/h7,9-10,12,17,22H,5-6,8,11H2,1-4H3/b13-10-/t17-,19-,20+/m1/s1. The van der Waals surface area contributed by atoms with Gasteiger partial charge in [-0.3, -0.25) is 4.79 Å². The molecule has 0 unspecified atom stereocenters. The van der Waals surface area contributed by atoms with Crippen LogP contribution in [-0.2, 0) is 11.2 Å².